The maximum Gasteiger partial charge on any atom is 0.243 e. The highest BCUT2D eigenvalue weighted by Gasteiger charge is 2.47. The molecule has 3 N–H and O–H groups in total. The molecule has 178 valence electrons. The van der Waals surface area contributed by atoms with E-state index in [1.165, 1.54) is 0 Å². The highest BCUT2D eigenvalue weighted by atomic mass is 19.1. The topological polar surface area (TPSA) is 96.3 Å². The predicted octanol–water partition coefficient (Wildman–Crippen LogP) is 1.60. The van der Waals surface area contributed by atoms with E-state index in [0.717, 1.165) is 31.5 Å². The molecule has 4 heterocycles. The van der Waals surface area contributed by atoms with Gasteiger partial charge in [0.05, 0.1) is 6.20 Å². The van der Waals surface area contributed by atoms with Crippen LogP contribution >= 0.6 is 0 Å². The van der Waals surface area contributed by atoms with Crippen LogP contribution in [0.1, 0.15) is 37.2 Å². The third-order valence-electron chi connectivity index (χ3n) is 7.20. The molecule has 10 heteroatoms. The number of piperidine rings is 1. The van der Waals surface area contributed by atoms with Crippen LogP contribution < -0.4 is 20.9 Å². The number of pyridine rings is 1. The Labute approximate surface area is 193 Å². The van der Waals surface area contributed by atoms with Crippen LogP contribution in [-0.4, -0.2) is 70.1 Å². The molecular weight excluding hydrogens is 425 g/mol. The van der Waals surface area contributed by atoms with Crippen LogP contribution in [0, 0.1) is 5.92 Å². The van der Waals surface area contributed by atoms with Gasteiger partial charge in [-0.05, 0) is 44.4 Å². The van der Waals surface area contributed by atoms with Crippen molar-refractivity contribution in [3.63, 3.8) is 0 Å². The average Bonchev–Trinajstić information content (AvgIpc) is 3.41. The average molecular weight is 458 g/mol. The number of hydrazine groups is 1. The van der Waals surface area contributed by atoms with Crippen LogP contribution in [-0.2, 0) is 11.8 Å². The molecule has 0 spiro atoms. The monoisotopic (exact) mass is 457 g/mol. The van der Waals surface area contributed by atoms with Crippen LogP contribution in [0.3, 0.4) is 0 Å². The number of carbonyl (C=O) groups is 1. The number of aromatic nitrogens is 3. The Morgan fingerprint density at radius 3 is 2.82 bits per heavy atom. The van der Waals surface area contributed by atoms with Gasteiger partial charge in [0.1, 0.15) is 18.3 Å². The quantitative estimate of drug-likeness (QED) is 0.628. The number of carbonyl (C=O) groups excluding carboxylic acids is 1. The van der Waals surface area contributed by atoms with Crippen LogP contribution in [0.2, 0.25) is 0 Å². The van der Waals surface area contributed by atoms with Crippen molar-refractivity contribution in [1.29, 1.82) is 0 Å². The Balaban J connectivity index is 1.23. The fourth-order valence-corrected chi connectivity index (χ4v) is 5.31. The molecule has 3 aliphatic rings. The molecule has 1 saturated carbocycles. The van der Waals surface area contributed by atoms with Crippen molar-refractivity contribution in [1.82, 2.24) is 30.5 Å². The molecule has 1 amide bonds. The summed E-state index contributed by atoms with van der Waals surface area (Å²) in [5.74, 6) is 0.104. The smallest absolute Gasteiger partial charge is 0.243 e. The summed E-state index contributed by atoms with van der Waals surface area (Å²) in [5, 5.41) is 7.19. The van der Waals surface area contributed by atoms with E-state index in [4.69, 9.17) is 4.74 Å². The number of fused-ring (bicyclic) bond motifs is 1. The Morgan fingerprint density at radius 1 is 1.24 bits per heavy atom. The summed E-state index contributed by atoms with van der Waals surface area (Å²) >= 11 is 0. The van der Waals surface area contributed by atoms with Gasteiger partial charge in [-0.15, -0.1) is 0 Å². The summed E-state index contributed by atoms with van der Waals surface area (Å²) in [5.41, 5.74) is 7.77. The zero-order chi connectivity index (χ0) is 22.9. The summed E-state index contributed by atoms with van der Waals surface area (Å²) in [7, 11) is 3.94. The van der Waals surface area contributed by atoms with Gasteiger partial charge in [0, 0.05) is 62.2 Å². The van der Waals surface area contributed by atoms with Crippen LogP contribution in [0.15, 0.2) is 30.7 Å². The van der Waals surface area contributed by atoms with Gasteiger partial charge in [-0.1, -0.05) is 0 Å². The molecule has 2 aromatic rings. The molecule has 2 aromatic heterocycles. The molecule has 33 heavy (non-hydrogen) atoms. The third-order valence-corrected chi connectivity index (χ3v) is 7.20. The molecule has 5 atom stereocenters. The first-order valence-electron chi connectivity index (χ1n) is 11.7. The second-order valence-electron chi connectivity index (χ2n) is 9.57. The summed E-state index contributed by atoms with van der Waals surface area (Å²) < 4.78 is 22.6. The van der Waals surface area contributed by atoms with Crippen molar-refractivity contribution >= 4 is 11.6 Å². The molecule has 2 saturated heterocycles. The van der Waals surface area contributed by atoms with Gasteiger partial charge in [0.15, 0.2) is 0 Å². The van der Waals surface area contributed by atoms with Gasteiger partial charge in [-0.2, -0.15) is 5.10 Å². The minimum absolute atomic E-state index is 0.0148. The number of amides is 1. The second-order valence-corrected chi connectivity index (χ2v) is 9.57. The Hall–Kier alpha value is -2.56. The Bertz CT molecular complexity index is 977. The van der Waals surface area contributed by atoms with Gasteiger partial charge in [-0.3, -0.25) is 14.9 Å². The zero-order valence-corrected chi connectivity index (χ0v) is 19.1. The summed E-state index contributed by atoms with van der Waals surface area (Å²) in [6.45, 7) is 2.01. The maximum atomic E-state index is 14.9. The number of nitrogens with zero attached hydrogens (tertiary/aromatic N) is 4. The summed E-state index contributed by atoms with van der Waals surface area (Å²) in [6, 6.07) is 3.00. The van der Waals surface area contributed by atoms with Crippen molar-refractivity contribution in [3.8, 4) is 5.88 Å². The lowest BCUT2D eigenvalue weighted by molar-refractivity contribution is -0.119. The molecule has 3 fully saturated rings. The van der Waals surface area contributed by atoms with E-state index in [9.17, 15) is 9.18 Å². The van der Waals surface area contributed by atoms with Crippen LogP contribution in [0.4, 0.5) is 10.1 Å². The number of rotatable bonds is 5. The Kier molecular flexibility index (Phi) is 6.31. The van der Waals surface area contributed by atoms with Gasteiger partial charge in [0.25, 0.3) is 0 Å². The summed E-state index contributed by atoms with van der Waals surface area (Å²) in [4.78, 5) is 19.7. The fraction of sp³-hybridized carbons (Fsp3) is 0.609. The zero-order valence-electron chi connectivity index (χ0n) is 19.1. The van der Waals surface area contributed by atoms with Gasteiger partial charge in [-0.25, -0.2) is 14.8 Å². The fourth-order valence-electron chi connectivity index (χ4n) is 5.31. The van der Waals surface area contributed by atoms with Crippen molar-refractivity contribution in [2.24, 2.45) is 13.0 Å². The van der Waals surface area contributed by atoms with Gasteiger partial charge in [0.2, 0.25) is 11.8 Å². The highest BCUT2D eigenvalue weighted by Crippen LogP contribution is 2.41. The minimum Gasteiger partial charge on any atom is -0.474 e. The van der Waals surface area contributed by atoms with Crippen LogP contribution in [0.5, 0.6) is 5.88 Å². The number of likely N-dealkylation sites (tertiary alicyclic amines) is 1. The molecular formula is C23H32FN7O2. The van der Waals surface area contributed by atoms with Crippen LogP contribution in [0.25, 0.3) is 0 Å². The first-order valence-corrected chi connectivity index (χ1v) is 11.7. The first kappa shape index (κ1) is 22.2. The van der Waals surface area contributed by atoms with E-state index >= 15 is 0 Å². The number of nitrogens with one attached hydrogen (secondary N) is 3. The lowest BCUT2D eigenvalue weighted by Crippen LogP contribution is -2.43. The van der Waals surface area contributed by atoms with E-state index in [-0.39, 0.29) is 29.9 Å². The van der Waals surface area contributed by atoms with E-state index in [2.05, 4.69) is 38.2 Å². The van der Waals surface area contributed by atoms with E-state index in [1.54, 1.807) is 29.2 Å². The lowest BCUT2D eigenvalue weighted by Gasteiger charge is -2.34. The number of halogens is 1. The van der Waals surface area contributed by atoms with Crippen molar-refractivity contribution in [2.75, 3.05) is 25.5 Å². The third kappa shape index (κ3) is 4.87. The molecule has 9 nitrogen and oxygen atoms in total. The molecule has 5 unspecified atom stereocenters. The first-order chi connectivity index (χ1) is 16.0. The molecule has 5 rings (SSSR count). The van der Waals surface area contributed by atoms with E-state index in [0.29, 0.717) is 24.4 Å². The number of ether oxygens (including phenoxy) is 1. The standard InChI is InChI=1S/C23H32FN7O2/c1-30-7-4-16(5-8-30)33-21-9-15(3-6-25-21)27-23(32)22-18-10-17(14-12-26-31(2)13-14)19(24)11-20(18)28-29-22/h3,6,9,12-13,16-20,22,28-29H,4-5,7-8,10-11H2,1-2H3,(H,25,27,32). The Morgan fingerprint density at radius 2 is 2.06 bits per heavy atom. The number of aryl methyl sites for hydroxylation is 1. The van der Waals surface area contributed by atoms with E-state index in [1.807, 2.05) is 13.2 Å². The van der Waals surface area contributed by atoms with Crippen molar-refractivity contribution in [2.45, 2.75) is 56.0 Å². The largest absolute Gasteiger partial charge is 0.474 e. The van der Waals surface area contributed by atoms with Gasteiger partial charge < -0.3 is 15.0 Å². The summed E-state index contributed by atoms with van der Waals surface area (Å²) in [6.07, 6.45) is 7.28. The molecule has 0 aromatic carbocycles. The van der Waals surface area contributed by atoms with E-state index < -0.39 is 12.2 Å². The highest BCUT2D eigenvalue weighted by molar-refractivity contribution is 5.95. The minimum atomic E-state index is -0.967. The lowest BCUT2D eigenvalue weighted by atomic mass is 9.73. The predicted molar refractivity (Wildman–Crippen MR) is 121 cm³/mol. The molecule has 0 bridgehead atoms. The molecule has 2 aliphatic heterocycles. The van der Waals surface area contributed by atoms with Gasteiger partial charge >= 0.3 is 0 Å². The van der Waals surface area contributed by atoms with Crippen molar-refractivity contribution < 1.29 is 13.9 Å². The number of anilines is 1. The number of hydrogen-bond acceptors (Lipinski definition) is 7. The maximum absolute atomic E-state index is 14.9. The SMILES string of the molecule is CN1CCC(Oc2cc(NC(=O)C3NNC4CC(F)C(c5cnn(C)c5)CC43)ccn2)CC1. The van der Waals surface area contributed by atoms with Crippen molar-refractivity contribution in [3.05, 3.63) is 36.3 Å². The number of hydrogen-bond donors (Lipinski definition) is 3. The normalized spacial score (nSPS) is 30.7. The second kappa shape index (κ2) is 9.36. The number of alkyl halides is 1. The molecule has 0 radical (unpaired) electrons. The molecule has 1 aliphatic carbocycles.